The molecular weight excluding hydrogens is 444 g/mol. The van der Waals surface area contributed by atoms with E-state index in [4.69, 9.17) is 9.47 Å². The third kappa shape index (κ3) is 2.81. The standard InChI is InChI=1S/C32H36N2O2/c1-30(2)23-14-8-10-16-25(23)33(5)28(30)19-21-20-32(36-29-22(21)13-12-18-27(29)35-7)31(3,4)24-15-9-11-17-26(24)34(32)6/h8-19,21H,20H2,1-7H3. The number of ether oxygens (including phenoxy) is 2. The molecule has 0 amide bonds. The molecule has 1 spiro atoms. The summed E-state index contributed by atoms with van der Waals surface area (Å²) < 4.78 is 13.0. The predicted octanol–water partition coefficient (Wildman–Crippen LogP) is 7.00. The van der Waals surface area contributed by atoms with Crippen LogP contribution < -0.4 is 19.3 Å². The predicted molar refractivity (Wildman–Crippen MR) is 148 cm³/mol. The van der Waals surface area contributed by atoms with E-state index in [9.17, 15) is 0 Å². The normalized spacial score (nSPS) is 26.0. The first kappa shape index (κ1) is 23.0. The number of anilines is 2. The zero-order chi connectivity index (χ0) is 25.5. The number of fused-ring (bicyclic) bond motifs is 3. The van der Waals surface area contributed by atoms with E-state index in [1.807, 2.05) is 6.07 Å². The highest BCUT2D eigenvalue weighted by molar-refractivity contribution is 5.71. The fourth-order valence-electron chi connectivity index (χ4n) is 7.06. The summed E-state index contributed by atoms with van der Waals surface area (Å²) in [6.07, 6.45) is 3.34. The van der Waals surface area contributed by atoms with Crippen LogP contribution in [0.5, 0.6) is 11.5 Å². The van der Waals surface area contributed by atoms with Gasteiger partial charge in [-0.2, -0.15) is 0 Å². The Labute approximate surface area is 215 Å². The summed E-state index contributed by atoms with van der Waals surface area (Å²) in [6.45, 7) is 9.32. The molecule has 3 aliphatic heterocycles. The summed E-state index contributed by atoms with van der Waals surface area (Å²) in [6, 6.07) is 23.8. The van der Waals surface area contributed by atoms with E-state index in [0.29, 0.717) is 0 Å². The highest BCUT2D eigenvalue weighted by Gasteiger charge is 2.60. The zero-order valence-electron chi connectivity index (χ0n) is 22.4. The van der Waals surface area contributed by atoms with Crippen LogP contribution in [0.2, 0.25) is 0 Å². The van der Waals surface area contributed by atoms with Crippen molar-refractivity contribution in [2.75, 3.05) is 31.0 Å². The summed E-state index contributed by atoms with van der Waals surface area (Å²) in [4.78, 5) is 4.73. The topological polar surface area (TPSA) is 24.9 Å². The summed E-state index contributed by atoms with van der Waals surface area (Å²) in [5, 5.41) is 0. The first-order valence-electron chi connectivity index (χ1n) is 12.9. The molecule has 186 valence electrons. The second-order valence-electron chi connectivity index (χ2n) is 11.5. The quantitative estimate of drug-likeness (QED) is 0.394. The fraction of sp³-hybridized carbons (Fsp3) is 0.375. The number of likely N-dealkylation sites (N-methyl/N-ethyl adjacent to an activating group) is 2. The van der Waals surface area contributed by atoms with Crippen LogP contribution in [-0.4, -0.2) is 26.9 Å². The maximum absolute atomic E-state index is 7.11. The van der Waals surface area contributed by atoms with E-state index in [0.717, 1.165) is 17.9 Å². The Morgan fingerprint density at radius 3 is 2.19 bits per heavy atom. The second kappa shape index (κ2) is 7.55. The average molecular weight is 481 g/mol. The molecule has 0 radical (unpaired) electrons. The van der Waals surface area contributed by atoms with E-state index in [2.05, 4.69) is 118 Å². The van der Waals surface area contributed by atoms with Gasteiger partial charge in [0.1, 0.15) is 0 Å². The van der Waals surface area contributed by atoms with Crippen molar-refractivity contribution in [2.24, 2.45) is 0 Å². The summed E-state index contributed by atoms with van der Waals surface area (Å²) in [7, 11) is 6.11. The number of hydrogen-bond acceptors (Lipinski definition) is 4. The largest absolute Gasteiger partial charge is 0.493 e. The lowest BCUT2D eigenvalue weighted by atomic mass is 9.70. The van der Waals surface area contributed by atoms with Crippen LogP contribution in [0.4, 0.5) is 11.4 Å². The van der Waals surface area contributed by atoms with Crippen molar-refractivity contribution in [2.45, 2.75) is 56.6 Å². The zero-order valence-corrected chi connectivity index (χ0v) is 22.4. The summed E-state index contributed by atoms with van der Waals surface area (Å²) >= 11 is 0. The highest BCUT2D eigenvalue weighted by Crippen LogP contribution is 2.60. The van der Waals surface area contributed by atoms with Crippen molar-refractivity contribution < 1.29 is 9.47 Å². The van der Waals surface area contributed by atoms with Crippen LogP contribution in [0.15, 0.2) is 78.5 Å². The fourth-order valence-corrected chi connectivity index (χ4v) is 7.06. The van der Waals surface area contributed by atoms with Gasteiger partial charge in [0.15, 0.2) is 17.2 Å². The van der Waals surface area contributed by atoms with Gasteiger partial charge in [0.25, 0.3) is 0 Å². The van der Waals surface area contributed by atoms with E-state index in [-0.39, 0.29) is 16.7 Å². The number of para-hydroxylation sites is 3. The lowest BCUT2D eigenvalue weighted by Gasteiger charge is -2.50. The third-order valence-corrected chi connectivity index (χ3v) is 9.15. The van der Waals surface area contributed by atoms with Gasteiger partial charge in [-0.25, -0.2) is 0 Å². The molecule has 3 aliphatic rings. The van der Waals surface area contributed by atoms with Gasteiger partial charge in [-0.05, 0) is 43.2 Å². The maximum Gasteiger partial charge on any atom is 0.193 e. The number of allylic oxidation sites excluding steroid dienone is 2. The number of rotatable bonds is 2. The minimum Gasteiger partial charge on any atom is -0.493 e. The number of methoxy groups -OCH3 is 1. The van der Waals surface area contributed by atoms with Crippen molar-refractivity contribution in [1.82, 2.24) is 0 Å². The molecule has 0 bridgehead atoms. The van der Waals surface area contributed by atoms with Gasteiger partial charge >= 0.3 is 0 Å². The molecule has 2 unspecified atom stereocenters. The van der Waals surface area contributed by atoms with Crippen molar-refractivity contribution in [1.29, 1.82) is 0 Å². The maximum atomic E-state index is 7.11. The molecule has 0 aliphatic carbocycles. The Kier molecular flexibility index (Phi) is 4.83. The first-order valence-corrected chi connectivity index (χ1v) is 12.9. The molecule has 3 heterocycles. The molecule has 0 saturated heterocycles. The minimum absolute atomic E-state index is 0.0874. The minimum atomic E-state index is -0.547. The van der Waals surface area contributed by atoms with E-state index in [1.165, 1.54) is 33.8 Å². The van der Waals surface area contributed by atoms with E-state index >= 15 is 0 Å². The van der Waals surface area contributed by atoms with Crippen LogP contribution in [0.25, 0.3) is 0 Å². The molecule has 3 aromatic rings. The van der Waals surface area contributed by atoms with Crippen molar-refractivity contribution >= 4 is 11.4 Å². The summed E-state index contributed by atoms with van der Waals surface area (Å²) in [5.74, 6) is 1.81. The van der Waals surface area contributed by atoms with Gasteiger partial charge in [0.2, 0.25) is 0 Å². The van der Waals surface area contributed by atoms with Gasteiger partial charge in [-0.15, -0.1) is 0 Å². The average Bonchev–Trinajstić information content (AvgIpc) is 3.17. The van der Waals surface area contributed by atoms with Crippen molar-refractivity contribution in [3.05, 3.63) is 95.2 Å². The smallest absolute Gasteiger partial charge is 0.193 e. The number of hydrogen-bond donors (Lipinski definition) is 0. The first-order chi connectivity index (χ1) is 17.1. The molecule has 36 heavy (non-hydrogen) atoms. The van der Waals surface area contributed by atoms with Crippen molar-refractivity contribution in [3.8, 4) is 11.5 Å². The Morgan fingerprint density at radius 2 is 1.53 bits per heavy atom. The van der Waals surface area contributed by atoms with E-state index < -0.39 is 5.72 Å². The lowest BCUT2D eigenvalue weighted by Crippen LogP contribution is -2.61. The molecule has 6 rings (SSSR count). The van der Waals surface area contributed by atoms with Crippen LogP contribution in [0.3, 0.4) is 0 Å². The third-order valence-electron chi connectivity index (χ3n) is 9.15. The summed E-state index contributed by atoms with van der Waals surface area (Å²) in [5.41, 5.74) is 6.87. The Bertz CT molecular complexity index is 1390. The van der Waals surface area contributed by atoms with Gasteiger partial charge in [0, 0.05) is 54.5 Å². The Morgan fingerprint density at radius 1 is 0.861 bits per heavy atom. The molecule has 3 aromatic carbocycles. The Balaban J connectivity index is 1.55. The highest BCUT2D eigenvalue weighted by atomic mass is 16.5. The Hall–Kier alpha value is -3.40. The molecular formula is C32H36N2O2. The van der Waals surface area contributed by atoms with Crippen LogP contribution in [0.1, 0.15) is 56.7 Å². The monoisotopic (exact) mass is 480 g/mol. The van der Waals surface area contributed by atoms with E-state index in [1.54, 1.807) is 7.11 Å². The van der Waals surface area contributed by atoms with Gasteiger partial charge in [-0.1, -0.05) is 68.5 Å². The molecule has 4 nitrogen and oxygen atoms in total. The van der Waals surface area contributed by atoms with Gasteiger partial charge in [-0.3, -0.25) is 0 Å². The molecule has 0 N–H and O–H groups in total. The van der Waals surface area contributed by atoms with Crippen LogP contribution in [-0.2, 0) is 10.8 Å². The van der Waals surface area contributed by atoms with Gasteiger partial charge < -0.3 is 19.3 Å². The van der Waals surface area contributed by atoms with Crippen molar-refractivity contribution in [3.63, 3.8) is 0 Å². The lowest BCUT2D eigenvalue weighted by molar-refractivity contribution is -0.0126. The van der Waals surface area contributed by atoms with Crippen LogP contribution in [0, 0.1) is 0 Å². The molecule has 0 fully saturated rings. The molecule has 2 atom stereocenters. The molecule has 0 saturated carbocycles. The molecule has 0 aromatic heterocycles. The SMILES string of the molecule is COc1cccc2c1OC1(CC2C=C2N(C)c3ccccc3C2(C)C)N(C)c2ccccc2C1(C)C. The molecule has 4 heteroatoms. The number of nitrogens with zero attached hydrogens (tertiary/aromatic N) is 2. The number of benzene rings is 3. The van der Waals surface area contributed by atoms with Gasteiger partial charge in [0.05, 0.1) is 12.5 Å². The second-order valence-corrected chi connectivity index (χ2v) is 11.5. The van der Waals surface area contributed by atoms with Crippen LogP contribution >= 0.6 is 0 Å².